The highest BCUT2D eigenvalue weighted by atomic mass is 32.2. The van der Waals surface area contributed by atoms with Gasteiger partial charge in [-0.05, 0) is 48.9 Å². The molecule has 146 valence electrons. The molecule has 1 aromatic heterocycles. The molecular formula is C20H21N3O4S. The number of sulfonamides is 1. The van der Waals surface area contributed by atoms with Crippen molar-refractivity contribution in [1.29, 1.82) is 0 Å². The van der Waals surface area contributed by atoms with Gasteiger partial charge in [-0.2, -0.15) is 0 Å². The van der Waals surface area contributed by atoms with Gasteiger partial charge in [0.2, 0.25) is 10.0 Å². The summed E-state index contributed by atoms with van der Waals surface area (Å²) in [6.07, 6.45) is 1.42. The molecular weight excluding hydrogens is 378 g/mol. The van der Waals surface area contributed by atoms with E-state index < -0.39 is 10.0 Å². The van der Waals surface area contributed by atoms with E-state index in [4.69, 9.17) is 4.74 Å². The van der Waals surface area contributed by atoms with Gasteiger partial charge in [-0.15, -0.1) is 0 Å². The van der Waals surface area contributed by atoms with Crippen LogP contribution in [0.4, 0.5) is 0 Å². The molecule has 1 heterocycles. The van der Waals surface area contributed by atoms with Crippen LogP contribution in [0.1, 0.15) is 5.56 Å². The molecule has 3 aromatic rings. The van der Waals surface area contributed by atoms with Crippen LogP contribution in [-0.4, -0.2) is 31.6 Å². The summed E-state index contributed by atoms with van der Waals surface area (Å²) in [5, 5.41) is 0. The first-order valence-electron chi connectivity index (χ1n) is 8.66. The number of nitrogens with one attached hydrogen (secondary N) is 1. The van der Waals surface area contributed by atoms with E-state index >= 15 is 0 Å². The molecule has 0 saturated carbocycles. The summed E-state index contributed by atoms with van der Waals surface area (Å²) in [6.45, 7) is 2.09. The average molecular weight is 399 g/mol. The summed E-state index contributed by atoms with van der Waals surface area (Å²) in [6, 6.07) is 15.3. The summed E-state index contributed by atoms with van der Waals surface area (Å²) in [5.74, 6) is 0.720. The number of aromatic nitrogens is 2. The van der Waals surface area contributed by atoms with Crippen LogP contribution < -0.4 is 15.0 Å². The number of aryl methyl sites for hydroxylation is 1. The highest BCUT2D eigenvalue weighted by Crippen LogP contribution is 2.19. The number of hydrogen-bond acceptors (Lipinski definition) is 5. The largest absolute Gasteiger partial charge is 0.497 e. The maximum Gasteiger partial charge on any atom is 0.253 e. The number of methoxy groups -OCH3 is 1. The lowest BCUT2D eigenvalue weighted by Gasteiger charge is -2.09. The van der Waals surface area contributed by atoms with E-state index in [0.29, 0.717) is 5.69 Å². The Hall–Kier alpha value is -2.97. The molecule has 1 N–H and O–H groups in total. The predicted molar refractivity (Wildman–Crippen MR) is 107 cm³/mol. The van der Waals surface area contributed by atoms with Crippen molar-refractivity contribution < 1.29 is 13.2 Å². The Morgan fingerprint density at radius 1 is 1.11 bits per heavy atom. The molecule has 0 fully saturated rings. The van der Waals surface area contributed by atoms with Crippen molar-refractivity contribution in [3.05, 3.63) is 76.8 Å². The zero-order valence-electron chi connectivity index (χ0n) is 15.6. The normalized spacial score (nSPS) is 11.4. The van der Waals surface area contributed by atoms with E-state index in [2.05, 4.69) is 9.71 Å². The third-order valence-corrected chi connectivity index (χ3v) is 5.67. The third-order valence-electron chi connectivity index (χ3n) is 4.21. The quantitative estimate of drug-likeness (QED) is 0.658. The molecule has 8 heteroatoms. The fourth-order valence-electron chi connectivity index (χ4n) is 2.68. The topological polar surface area (TPSA) is 90.3 Å². The molecule has 0 aliphatic carbocycles. The van der Waals surface area contributed by atoms with Gasteiger partial charge >= 0.3 is 0 Å². The fourth-order valence-corrected chi connectivity index (χ4v) is 3.81. The van der Waals surface area contributed by atoms with Gasteiger partial charge in [-0.1, -0.05) is 12.1 Å². The molecule has 0 amide bonds. The second-order valence-electron chi connectivity index (χ2n) is 6.25. The maximum absolute atomic E-state index is 12.3. The molecule has 0 unspecified atom stereocenters. The second-order valence-corrected chi connectivity index (χ2v) is 8.02. The van der Waals surface area contributed by atoms with Gasteiger partial charge in [0.05, 0.1) is 24.0 Å². The molecule has 0 saturated heterocycles. The van der Waals surface area contributed by atoms with E-state index in [9.17, 15) is 13.2 Å². The summed E-state index contributed by atoms with van der Waals surface area (Å²) < 4.78 is 33.6. The zero-order valence-corrected chi connectivity index (χ0v) is 16.4. The minimum absolute atomic E-state index is 0.0831. The van der Waals surface area contributed by atoms with Crippen LogP contribution in [0.25, 0.3) is 11.3 Å². The number of rotatable bonds is 7. The van der Waals surface area contributed by atoms with Gasteiger partial charge in [-0.25, -0.2) is 18.1 Å². The number of ether oxygens (including phenoxy) is 1. The molecule has 0 aliphatic rings. The molecule has 0 aliphatic heterocycles. The molecule has 0 atom stereocenters. The average Bonchev–Trinajstić information content (AvgIpc) is 2.69. The van der Waals surface area contributed by atoms with Crippen LogP contribution >= 0.6 is 0 Å². The Bertz CT molecular complexity index is 1120. The van der Waals surface area contributed by atoms with Gasteiger partial charge in [-0.3, -0.25) is 9.36 Å². The van der Waals surface area contributed by atoms with Crippen molar-refractivity contribution in [1.82, 2.24) is 14.3 Å². The van der Waals surface area contributed by atoms with Crippen molar-refractivity contribution >= 4 is 10.0 Å². The molecule has 0 radical (unpaired) electrons. The van der Waals surface area contributed by atoms with Crippen LogP contribution in [0.15, 0.2) is 70.6 Å². The van der Waals surface area contributed by atoms with Crippen LogP contribution in [0, 0.1) is 6.92 Å². The van der Waals surface area contributed by atoms with Gasteiger partial charge in [0.1, 0.15) is 5.75 Å². The Morgan fingerprint density at radius 2 is 1.86 bits per heavy atom. The molecule has 7 nitrogen and oxygen atoms in total. The molecule has 2 aromatic carbocycles. The first-order chi connectivity index (χ1) is 13.4. The first-order valence-corrected chi connectivity index (χ1v) is 10.1. The minimum Gasteiger partial charge on any atom is -0.497 e. The van der Waals surface area contributed by atoms with Crippen LogP contribution in [0.2, 0.25) is 0 Å². The first kappa shape index (κ1) is 19.8. The summed E-state index contributed by atoms with van der Waals surface area (Å²) in [4.78, 5) is 16.8. The molecule has 0 spiro atoms. The maximum atomic E-state index is 12.3. The van der Waals surface area contributed by atoms with E-state index in [0.717, 1.165) is 16.9 Å². The van der Waals surface area contributed by atoms with E-state index in [1.54, 1.807) is 31.4 Å². The predicted octanol–water partition coefficient (Wildman–Crippen LogP) is 2.21. The Morgan fingerprint density at radius 3 is 2.50 bits per heavy atom. The lowest BCUT2D eigenvalue weighted by Crippen LogP contribution is -2.31. The van der Waals surface area contributed by atoms with Crippen molar-refractivity contribution in [2.45, 2.75) is 18.4 Å². The van der Waals surface area contributed by atoms with Gasteiger partial charge < -0.3 is 4.74 Å². The monoisotopic (exact) mass is 399 g/mol. The Kier molecular flexibility index (Phi) is 5.91. The van der Waals surface area contributed by atoms with Crippen LogP contribution in [0.5, 0.6) is 5.75 Å². The van der Waals surface area contributed by atoms with Gasteiger partial charge in [0.15, 0.2) is 0 Å². The summed E-state index contributed by atoms with van der Waals surface area (Å²) >= 11 is 0. The molecule has 28 heavy (non-hydrogen) atoms. The highest BCUT2D eigenvalue weighted by Gasteiger charge is 2.13. The fraction of sp³-hybridized carbons (Fsp3) is 0.200. The van der Waals surface area contributed by atoms with E-state index in [-0.39, 0.29) is 23.5 Å². The zero-order chi connectivity index (χ0) is 20.1. The van der Waals surface area contributed by atoms with Crippen LogP contribution in [0.3, 0.4) is 0 Å². The Labute approximate surface area is 163 Å². The third kappa shape index (κ3) is 4.65. The molecule has 3 rings (SSSR count). The Balaban J connectivity index is 1.67. The lowest BCUT2D eigenvalue weighted by molar-refractivity contribution is 0.415. The summed E-state index contributed by atoms with van der Waals surface area (Å²) in [5.41, 5.74) is 1.95. The van der Waals surface area contributed by atoms with Crippen molar-refractivity contribution in [2.75, 3.05) is 13.7 Å². The van der Waals surface area contributed by atoms with E-state index in [1.807, 2.05) is 25.1 Å². The number of nitrogens with zero attached hydrogens (tertiary/aromatic N) is 2. The highest BCUT2D eigenvalue weighted by molar-refractivity contribution is 7.89. The minimum atomic E-state index is -3.62. The number of benzene rings is 2. The SMILES string of the molecule is COc1ccc(-c2cc(=O)n(CCNS(=O)(=O)c3cccc(C)c3)cn2)cc1. The summed E-state index contributed by atoms with van der Waals surface area (Å²) in [7, 11) is -2.04. The van der Waals surface area contributed by atoms with E-state index in [1.165, 1.54) is 23.0 Å². The van der Waals surface area contributed by atoms with Crippen molar-refractivity contribution in [2.24, 2.45) is 0 Å². The molecule has 0 bridgehead atoms. The standard InChI is InChI=1S/C20H21N3O4S/c1-15-4-3-5-18(12-15)28(25,26)22-10-11-23-14-21-19(13-20(23)24)16-6-8-17(27-2)9-7-16/h3-9,12-14,22H,10-11H2,1-2H3. The van der Waals surface area contributed by atoms with Crippen molar-refractivity contribution in [3.63, 3.8) is 0 Å². The second kappa shape index (κ2) is 8.37. The lowest BCUT2D eigenvalue weighted by atomic mass is 10.1. The van der Waals surface area contributed by atoms with Gasteiger partial charge in [0.25, 0.3) is 5.56 Å². The smallest absolute Gasteiger partial charge is 0.253 e. The van der Waals surface area contributed by atoms with Gasteiger partial charge in [0, 0.05) is 24.7 Å². The van der Waals surface area contributed by atoms with Crippen LogP contribution in [-0.2, 0) is 16.6 Å². The number of hydrogen-bond donors (Lipinski definition) is 1. The van der Waals surface area contributed by atoms with Crippen molar-refractivity contribution in [3.8, 4) is 17.0 Å².